The van der Waals surface area contributed by atoms with Crippen molar-refractivity contribution < 1.29 is 0 Å². The van der Waals surface area contributed by atoms with Gasteiger partial charge in [-0.15, -0.1) is 0 Å². The summed E-state index contributed by atoms with van der Waals surface area (Å²) in [6.07, 6.45) is 13.6. The van der Waals surface area contributed by atoms with Gasteiger partial charge in [-0.25, -0.2) is 0 Å². The first-order valence-corrected chi connectivity index (χ1v) is 30.4. The van der Waals surface area contributed by atoms with Crippen LogP contribution in [0.25, 0.3) is 87.3 Å². The van der Waals surface area contributed by atoms with Crippen LogP contribution in [-0.2, 0) is 38.5 Å². The smallest absolute Gasteiger partial charge is 0.0561 e. The van der Waals surface area contributed by atoms with Crippen molar-refractivity contribution in [2.45, 2.75) is 90.9 Å². The van der Waals surface area contributed by atoms with Crippen molar-refractivity contribution in [2.24, 2.45) is 0 Å². The van der Waals surface area contributed by atoms with Gasteiger partial charge >= 0.3 is 0 Å². The molecule has 0 unspecified atom stereocenters. The van der Waals surface area contributed by atoms with Crippen molar-refractivity contribution in [1.29, 1.82) is 0 Å². The molecule has 2 heterocycles. The normalized spacial score (nSPS) is 13.5. The van der Waals surface area contributed by atoms with Crippen LogP contribution in [0.5, 0.6) is 0 Å². The molecular weight excluding hydrogens is 993 g/mol. The Morgan fingerprint density at radius 1 is 0.329 bits per heavy atom. The average molecular weight is 1060 g/mol. The lowest BCUT2D eigenvalue weighted by Crippen LogP contribution is -2.16. The molecule has 4 heteroatoms. The van der Waals surface area contributed by atoms with Crippen LogP contribution < -0.4 is 9.80 Å². The lowest BCUT2D eigenvalue weighted by molar-refractivity contribution is 0.686. The standard InChI is InChI=1S/C78H66N4/c1-3-17-51-19-13-25-57(47-51)81-71-31-11-9-29-63(71)65-43-39-59(49-75(65)81)79(69-33-15-23-53-21-5-7-27-61(53)69)73-45-37-55-36-42-68-74(46-38-56-35-41-67(73)77(55)78(56)68)80(70-34-16-24-54-22-6-8-28-62(54)70)60-40-44-66-64-30-10-12-32-72(64)82(76(66)50-60)58-26-14-20-52(48-58)18-4-2/h9-16,19-20,23-26,29-50H,3-8,17-18,21-22,27-28H2,1-2H3. The van der Waals surface area contributed by atoms with Gasteiger partial charge in [-0.3, -0.25) is 0 Å². The highest BCUT2D eigenvalue weighted by atomic mass is 15.2. The van der Waals surface area contributed by atoms with Gasteiger partial charge in [0.15, 0.2) is 0 Å². The molecule has 16 rings (SSSR count). The monoisotopic (exact) mass is 1060 g/mol. The molecular formula is C78H66N4. The second-order valence-corrected chi connectivity index (χ2v) is 23.5. The fourth-order valence-corrected chi connectivity index (χ4v) is 14.9. The Hall–Kier alpha value is -9.12. The van der Waals surface area contributed by atoms with E-state index >= 15 is 0 Å². The number of hydrogen-bond acceptors (Lipinski definition) is 2. The first kappa shape index (κ1) is 48.8. The predicted octanol–water partition coefficient (Wildman–Crippen LogP) is 21.4. The van der Waals surface area contributed by atoms with Crippen molar-refractivity contribution in [3.05, 3.63) is 252 Å². The SMILES string of the molecule is CCCc1cccc(-n2c3ccccc3c3ccc(N(c4cccc5c4CCCC5)c4ccc5ccc6c(N(c7ccc8c9ccccc9n(-c9cccc(CCC)c9)c8c7)c7cccc8c7CCCC8)ccc7ccc4c5c76)cc32)c1. The summed E-state index contributed by atoms with van der Waals surface area (Å²) in [5, 5.41) is 12.7. The maximum absolute atomic E-state index is 2.63. The summed E-state index contributed by atoms with van der Waals surface area (Å²) in [6.45, 7) is 4.55. The molecule has 0 saturated carbocycles. The third kappa shape index (κ3) is 7.78. The van der Waals surface area contributed by atoms with Crippen LogP contribution in [0.15, 0.2) is 218 Å². The summed E-state index contributed by atoms with van der Waals surface area (Å²) in [5.74, 6) is 0. The van der Waals surface area contributed by atoms with E-state index in [4.69, 9.17) is 0 Å². The Bertz CT molecular complexity index is 4510. The molecule has 0 amide bonds. The zero-order valence-electron chi connectivity index (χ0n) is 47.1. The number of anilines is 6. The third-order valence-corrected chi connectivity index (χ3v) is 18.6. The number of aromatic nitrogens is 2. The van der Waals surface area contributed by atoms with E-state index in [0.717, 1.165) is 51.4 Å². The molecule has 0 fully saturated rings. The highest BCUT2D eigenvalue weighted by Gasteiger charge is 2.28. The summed E-state index contributed by atoms with van der Waals surface area (Å²) >= 11 is 0. The summed E-state index contributed by atoms with van der Waals surface area (Å²) in [4.78, 5) is 5.25. The van der Waals surface area contributed by atoms with Gasteiger partial charge in [0, 0.05) is 66.4 Å². The second-order valence-electron chi connectivity index (χ2n) is 23.5. The van der Waals surface area contributed by atoms with Crippen molar-refractivity contribution in [3.63, 3.8) is 0 Å². The van der Waals surface area contributed by atoms with Crippen LogP contribution in [0.3, 0.4) is 0 Å². The van der Waals surface area contributed by atoms with E-state index in [1.54, 1.807) is 0 Å². The molecule has 0 bridgehead atoms. The minimum absolute atomic E-state index is 1.06. The van der Waals surface area contributed by atoms with Gasteiger partial charge in [-0.05, 0) is 204 Å². The number of fused-ring (bicyclic) bond motifs is 8. The molecule has 0 radical (unpaired) electrons. The molecule has 398 valence electrons. The molecule has 82 heavy (non-hydrogen) atoms. The quantitative estimate of drug-likeness (QED) is 0.113. The van der Waals surface area contributed by atoms with Crippen LogP contribution >= 0.6 is 0 Å². The van der Waals surface area contributed by atoms with E-state index < -0.39 is 0 Å². The van der Waals surface area contributed by atoms with Gasteiger partial charge in [0.25, 0.3) is 0 Å². The van der Waals surface area contributed by atoms with Crippen LogP contribution in [0, 0.1) is 0 Å². The summed E-state index contributed by atoms with van der Waals surface area (Å²) < 4.78 is 5.02. The topological polar surface area (TPSA) is 16.3 Å². The van der Waals surface area contributed by atoms with Gasteiger partial charge in [0.2, 0.25) is 0 Å². The number of hydrogen-bond donors (Lipinski definition) is 0. The van der Waals surface area contributed by atoms with Crippen LogP contribution in [0.4, 0.5) is 34.1 Å². The van der Waals surface area contributed by atoms with E-state index in [9.17, 15) is 0 Å². The van der Waals surface area contributed by atoms with E-state index in [1.807, 2.05) is 0 Å². The number of rotatable bonds is 12. The lowest BCUT2D eigenvalue weighted by Gasteiger charge is -2.33. The summed E-state index contributed by atoms with van der Waals surface area (Å²) in [7, 11) is 0. The molecule has 2 aliphatic carbocycles. The summed E-state index contributed by atoms with van der Waals surface area (Å²) in [5.41, 5.74) is 23.3. The van der Waals surface area contributed by atoms with Crippen molar-refractivity contribution in [3.8, 4) is 11.4 Å². The van der Waals surface area contributed by atoms with Crippen molar-refractivity contribution >= 4 is 110 Å². The molecule has 2 aliphatic rings. The molecule has 2 aromatic heterocycles. The molecule has 0 atom stereocenters. The van der Waals surface area contributed by atoms with Crippen LogP contribution in [-0.4, -0.2) is 9.13 Å². The van der Waals surface area contributed by atoms with E-state index in [0.29, 0.717) is 0 Å². The fraction of sp³-hybridized carbons (Fsp3) is 0.179. The van der Waals surface area contributed by atoms with E-state index in [1.165, 1.54) is 180 Å². The predicted molar refractivity (Wildman–Crippen MR) is 349 cm³/mol. The Labute approximate surface area is 480 Å². The van der Waals surface area contributed by atoms with Crippen molar-refractivity contribution in [1.82, 2.24) is 9.13 Å². The van der Waals surface area contributed by atoms with Crippen LogP contribution in [0.2, 0.25) is 0 Å². The second kappa shape index (κ2) is 19.8. The molecule has 14 aromatic rings. The number of para-hydroxylation sites is 2. The van der Waals surface area contributed by atoms with Gasteiger partial charge in [-0.2, -0.15) is 0 Å². The lowest BCUT2D eigenvalue weighted by atomic mass is 9.88. The maximum atomic E-state index is 2.63. The first-order valence-electron chi connectivity index (χ1n) is 30.4. The van der Waals surface area contributed by atoms with Gasteiger partial charge in [0.05, 0.1) is 33.4 Å². The van der Waals surface area contributed by atoms with Crippen molar-refractivity contribution in [2.75, 3.05) is 9.80 Å². The largest absolute Gasteiger partial charge is 0.310 e. The highest BCUT2D eigenvalue weighted by Crippen LogP contribution is 2.51. The maximum Gasteiger partial charge on any atom is 0.0561 e. The van der Waals surface area contributed by atoms with Gasteiger partial charge in [-0.1, -0.05) is 160 Å². The Morgan fingerprint density at radius 3 is 1.22 bits per heavy atom. The van der Waals surface area contributed by atoms with E-state index in [-0.39, 0.29) is 0 Å². The minimum Gasteiger partial charge on any atom is -0.310 e. The fourth-order valence-electron chi connectivity index (χ4n) is 14.9. The third-order valence-electron chi connectivity index (χ3n) is 18.6. The molecule has 0 N–H and O–H groups in total. The zero-order chi connectivity index (χ0) is 54.4. The van der Waals surface area contributed by atoms with E-state index in [2.05, 4.69) is 251 Å². The number of benzene rings is 12. The highest BCUT2D eigenvalue weighted by molar-refractivity contribution is 6.28. The zero-order valence-corrected chi connectivity index (χ0v) is 47.1. The Balaban J connectivity index is 0.934. The molecule has 0 spiro atoms. The Morgan fingerprint density at radius 2 is 0.744 bits per heavy atom. The molecule has 4 nitrogen and oxygen atoms in total. The minimum atomic E-state index is 1.06. The number of nitrogens with zero attached hydrogens (tertiary/aromatic N) is 4. The summed E-state index contributed by atoms with van der Waals surface area (Å²) in [6, 6.07) is 84.3. The van der Waals surface area contributed by atoms with Crippen LogP contribution in [0.1, 0.15) is 85.8 Å². The molecule has 0 aliphatic heterocycles. The van der Waals surface area contributed by atoms with Gasteiger partial charge < -0.3 is 18.9 Å². The van der Waals surface area contributed by atoms with Gasteiger partial charge in [0.1, 0.15) is 0 Å². The molecule has 0 saturated heterocycles. The first-order chi connectivity index (χ1) is 40.6. The number of aryl methyl sites for hydroxylation is 4. The Kier molecular flexibility index (Phi) is 11.8. The molecule has 12 aromatic carbocycles. The average Bonchev–Trinajstić information content (AvgIpc) is 3.47.